The number of carbonyl (C=O) groups excluding carboxylic acids is 1. The maximum Gasteiger partial charge on any atom is 0.271 e. The summed E-state index contributed by atoms with van der Waals surface area (Å²) in [4.78, 5) is 12.0. The van der Waals surface area contributed by atoms with Gasteiger partial charge in [-0.15, -0.1) is 0 Å². The van der Waals surface area contributed by atoms with E-state index in [-0.39, 0.29) is 5.56 Å². The molecule has 1 amide bonds. The maximum absolute atomic E-state index is 13.4. The van der Waals surface area contributed by atoms with Gasteiger partial charge in [0.2, 0.25) is 0 Å². The molecule has 0 bridgehead atoms. The normalized spacial score (nSPS) is 10.6. The first kappa shape index (κ1) is 16.4. The summed E-state index contributed by atoms with van der Waals surface area (Å²) in [5.41, 5.74) is 2.60. The van der Waals surface area contributed by atoms with E-state index in [0.29, 0.717) is 17.1 Å². The van der Waals surface area contributed by atoms with E-state index in [1.165, 1.54) is 32.4 Å². The van der Waals surface area contributed by atoms with E-state index in [1.807, 2.05) is 0 Å². The van der Waals surface area contributed by atoms with Crippen molar-refractivity contribution in [2.75, 3.05) is 14.2 Å². The fourth-order valence-corrected chi connectivity index (χ4v) is 1.81. The van der Waals surface area contributed by atoms with E-state index in [0.717, 1.165) is 18.3 Å². The highest BCUT2D eigenvalue weighted by atomic mass is 19.1. The predicted octanol–water partition coefficient (Wildman–Crippen LogP) is 2.75. The summed E-state index contributed by atoms with van der Waals surface area (Å²) in [6.07, 6.45) is 1.09. The van der Waals surface area contributed by atoms with Gasteiger partial charge < -0.3 is 9.47 Å². The van der Waals surface area contributed by atoms with Crippen molar-refractivity contribution in [2.24, 2.45) is 5.10 Å². The van der Waals surface area contributed by atoms with Crippen molar-refractivity contribution in [2.45, 2.75) is 0 Å². The molecule has 0 aromatic heterocycles. The van der Waals surface area contributed by atoms with Crippen LogP contribution < -0.4 is 14.9 Å². The fraction of sp³-hybridized carbons (Fsp3) is 0.125. The molecule has 23 heavy (non-hydrogen) atoms. The average molecular weight is 320 g/mol. The lowest BCUT2D eigenvalue weighted by molar-refractivity contribution is 0.0954. The Hall–Kier alpha value is -2.96. The minimum Gasteiger partial charge on any atom is -0.493 e. The molecule has 1 N–H and O–H groups in total. The maximum atomic E-state index is 13.4. The summed E-state index contributed by atoms with van der Waals surface area (Å²) >= 11 is 0. The number of hydrogen-bond acceptors (Lipinski definition) is 4. The van der Waals surface area contributed by atoms with Crippen LogP contribution in [0.15, 0.2) is 41.5 Å². The number of rotatable bonds is 5. The van der Waals surface area contributed by atoms with Crippen LogP contribution in [0.2, 0.25) is 0 Å². The molecule has 0 unspecified atom stereocenters. The van der Waals surface area contributed by atoms with Crippen molar-refractivity contribution < 1.29 is 23.0 Å². The topological polar surface area (TPSA) is 59.9 Å². The van der Waals surface area contributed by atoms with Crippen molar-refractivity contribution in [3.63, 3.8) is 0 Å². The lowest BCUT2D eigenvalue weighted by Gasteiger charge is -2.08. The standard InChI is InChI=1S/C16H14F2N2O3/c1-22-14-6-4-10(7-15(14)23-2)16(21)20-19-9-11-3-5-12(17)8-13(11)18/h3-9H,1-2H3,(H,20,21)/b19-9-. The summed E-state index contributed by atoms with van der Waals surface area (Å²) in [7, 11) is 2.94. The number of hydrazone groups is 1. The number of carbonyl (C=O) groups is 1. The predicted molar refractivity (Wildman–Crippen MR) is 81.0 cm³/mol. The Kier molecular flexibility index (Phi) is 5.24. The molecule has 2 aromatic rings. The molecular formula is C16H14F2N2O3. The number of methoxy groups -OCH3 is 2. The second kappa shape index (κ2) is 7.35. The number of amides is 1. The third kappa shape index (κ3) is 4.03. The third-order valence-electron chi connectivity index (χ3n) is 2.98. The second-order valence-corrected chi connectivity index (χ2v) is 4.43. The Bertz CT molecular complexity index is 748. The number of hydrogen-bond donors (Lipinski definition) is 1. The van der Waals surface area contributed by atoms with Crippen LogP contribution in [0.5, 0.6) is 11.5 Å². The van der Waals surface area contributed by atoms with E-state index in [1.54, 1.807) is 6.07 Å². The summed E-state index contributed by atoms with van der Waals surface area (Å²) in [5.74, 6) is -1.08. The summed E-state index contributed by atoms with van der Waals surface area (Å²) in [6, 6.07) is 7.65. The van der Waals surface area contributed by atoms with Gasteiger partial charge in [0, 0.05) is 17.2 Å². The zero-order valence-corrected chi connectivity index (χ0v) is 12.5. The van der Waals surface area contributed by atoms with E-state index < -0.39 is 17.5 Å². The molecule has 7 heteroatoms. The van der Waals surface area contributed by atoms with Crippen molar-refractivity contribution >= 4 is 12.1 Å². The molecule has 0 radical (unpaired) electrons. The molecule has 0 aliphatic rings. The average Bonchev–Trinajstić information content (AvgIpc) is 2.56. The van der Waals surface area contributed by atoms with Crippen LogP contribution in [0, 0.1) is 11.6 Å². The number of nitrogens with one attached hydrogen (secondary N) is 1. The first-order valence-corrected chi connectivity index (χ1v) is 6.55. The molecule has 0 spiro atoms. The Labute approximate surface area is 131 Å². The van der Waals surface area contributed by atoms with Crippen LogP contribution in [-0.4, -0.2) is 26.3 Å². The van der Waals surface area contributed by atoms with Gasteiger partial charge in [0.05, 0.1) is 20.4 Å². The molecular weight excluding hydrogens is 306 g/mol. The highest BCUT2D eigenvalue weighted by Crippen LogP contribution is 2.27. The van der Waals surface area contributed by atoms with Gasteiger partial charge in [0.15, 0.2) is 11.5 Å². The molecule has 2 rings (SSSR count). The number of nitrogens with zero attached hydrogens (tertiary/aromatic N) is 1. The molecule has 2 aromatic carbocycles. The van der Waals surface area contributed by atoms with Gasteiger partial charge in [-0.25, -0.2) is 14.2 Å². The Morgan fingerprint density at radius 1 is 1.09 bits per heavy atom. The summed E-state index contributed by atoms with van der Waals surface area (Å²) in [5, 5.41) is 3.65. The minimum absolute atomic E-state index is 0.0546. The first-order valence-electron chi connectivity index (χ1n) is 6.55. The largest absolute Gasteiger partial charge is 0.493 e. The van der Waals surface area contributed by atoms with E-state index in [9.17, 15) is 13.6 Å². The summed E-state index contributed by atoms with van der Waals surface area (Å²) < 4.78 is 36.4. The third-order valence-corrected chi connectivity index (χ3v) is 2.98. The smallest absolute Gasteiger partial charge is 0.271 e. The van der Waals surface area contributed by atoms with Crippen LogP contribution in [-0.2, 0) is 0 Å². The van der Waals surface area contributed by atoms with Gasteiger partial charge in [-0.1, -0.05) is 0 Å². The van der Waals surface area contributed by atoms with Crippen molar-refractivity contribution in [1.29, 1.82) is 0 Å². The lowest BCUT2D eigenvalue weighted by atomic mass is 10.2. The zero-order valence-electron chi connectivity index (χ0n) is 12.5. The van der Waals surface area contributed by atoms with Crippen LogP contribution in [0.3, 0.4) is 0 Å². The fourth-order valence-electron chi connectivity index (χ4n) is 1.81. The molecule has 0 aliphatic heterocycles. The van der Waals surface area contributed by atoms with E-state index in [4.69, 9.17) is 9.47 Å². The SMILES string of the molecule is COc1ccc(C(=O)N/N=C\c2ccc(F)cc2F)cc1OC. The first-order chi connectivity index (χ1) is 11.0. The number of ether oxygens (including phenoxy) is 2. The highest BCUT2D eigenvalue weighted by molar-refractivity contribution is 5.95. The van der Waals surface area contributed by atoms with Gasteiger partial charge in [-0.2, -0.15) is 5.10 Å². The van der Waals surface area contributed by atoms with Crippen molar-refractivity contribution in [3.8, 4) is 11.5 Å². The van der Waals surface area contributed by atoms with Gasteiger partial charge in [-0.3, -0.25) is 4.79 Å². The van der Waals surface area contributed by atoms with Crippen LogP contribution in [0.25, 0.3) is 0 Å². The molecule has 5 nitrogen and oxygen atoms in total. The van der Waals surface area contributed by atoms with Crippen molar-refractivity contribution in [1.82, 2.24) is 5.43 Å². The van der Waals surface area contributed by atoms with Crippen LogP contribution >= 0.6 is 0 Å². The second-order valence-electron chi connectivity index (χ2n) is 4.43. The summed E-state index contributed by atoms with van der Waals surface area (Å²) in [6.45, 7) is 0. The number of benzene rings is 2. The zero-order chi connectivity index (χ0) is 16.8. The van der Waals surface area contributed by atoms with Gasteiger partial charge in [0.25, 0.3) is 5.91 Å². The molecule has 0 heterocycles. The van der Waals surface area contributed by atoms with Gasteiger partial charge >= 0.3 is 0 Å². The monoisotopic (exact) mass is 320 g/mol. The minimum atomic E-state index is -0.769. The highest BCUT2D eigenvalue weighted by Gasteiger charge is 2.10. The Morgan fingerprint density at radius 2 is 1.83 bits per heavy atom. The van der Waals surface area contributed by atoms with Crippen LogP contribution in [0.4, 0.5) is 8.78 Å². The molecule has 120 valence electrons. The number of halogens is 2. The van der Waals surface area contributed by atoms with Gasteiger partial charge in [0.1, 0.15) is 11.6 Å². The van der Waals surface area contributed by atoms with Gasteiger partial charge in [-0.05, 0) is 30.3 Å². The Morgan fingerprint density at radius 3 is 2.48 bits per heavy atom. The molecule has 0 saturated heterocycles. The Balaban J connectivity index is 2.08. The van der Waals surface area contributed by atoms with Crippen molar-refractivity contribution in [3.05, 3.63) is 59.2 Å². The molecule has 0 atom stereocenters. The van der Waals surface area contributed by atoms with E-state index in [2.05, 4.69) is 10.5 Å². The molecule has 0 aliphatic carbocycles. The quantitative estimate of drug-likeness (QED) is 0.681. The van der Waals surface area contributed by atoms with Crippen LogP contribution in [0.1, 0.15) is 15.9 Å². The molecule has 0 saturated carbocycles. The van der Waals surface area contributed by atoms with E-state index >= 15 is 0 Å². The molecule has 0 fully saturated rings. The lowest BCUT2D eigenvalue weighted by Crippen LogP contribution is -2.17.